The molecule has 6 aromatic rings. The Kier molecular flexibility index (Phi) is 8.54. The Balaban J connectivity index is 1.14. The van der Waals surface area contributed by atoms with Gasteiger partial charge in [0.25, 0.3) is 5.56 Å². The van der Waals surface area contributed by atoms with Gasteiger partial charge >= 0.3 is 0 Å². The maximum absolute atomic E-state index is 17.3. The SMILES string of the molecule is Cc1nc2c(F)c(-c3cccc(Cl)c3Cl)c(CCC#N)cc2c2c1cc([C@H]1C[C@H](n3cc(Cn4ccccc4=O)nn3)CN1C(=O)C1CC1)n2[C@H]1[C@H]2CN[C@@H]1C2. The van der Waals surface area contributed by atoms with Crippen molar-refractivity contribution in [2.24, 2.45) is 11.8 Å². The van der Waals surface area contributed by atoms with Gasteiger partial charge in [0.2, 0.25) is 5.91 Å². The van der Waals surface area contributed by atoms with Crippen LogP contribution >= 0.6 is 23.2 Å². The quantitative estimate of drug-likeness (QED) is 0.163. The summed E-state index contributed by atoms with van der Waals surface area (Å²) in [5, 5.41) is 24.4. The highest BCUT2D eigenvalue weighted by atomic mass is 35.5. The van der Waals surface area contributed by atoms with E-state index in [-0.39, 0.29) is 58.5 Å². The second kappa shape index (κ2) is 13.5. The molecule has 284 valence electrons. The Morgan fingerprint density at radius 3 is 2.71 bits per heavy atom. The van der Waals surface area contributed by atoms with Crippen molar-refractivity contribution in [1.82, 2.24) is 39.3 Å². The average Bonchev–Trinajstić information content (AvgIpc) is 3.67. The predicted octanol–water partition coefficient (Wildman–Crippen LogP) is 7.33. The van der Waals surface area contributed by atoms with E-state index in [9.17, 15) is 14.9 Å². The zero-order valence-corrected chi connectivity index (χ0v) is 32.1. The van der Waals surface area contributed by atoms with Crippen LogP contribution in [0, 0.1) is 35.9 Å². The Hall–Kier alpha value is -5.09. The van der Waals surface area contributed by atoms with E-state index in [2.05, 4.69) is 32.3 Å². The summed E-state index contributed by atoms with van der Waals surface area (Å²) < 4.78 is 23.1. The maximum atomic E-state index is 17.3. The van der Waals surface area contributed by atoms with Gasteiger partial charge in [0.1, 0.15) is 11.2 Å². The van der Waals surface area contributed by atoms with Crippen LogP contribution < -0.4 is 10.9 Å². The molecular weight excluding hydrogens is 752 g/mol. The predicted molar refractivity (Wildman–Crippen MR) is 211 cm³/mol. The van der Waals surface area contributed by atoms with Gasteiger partial charge in [-0.25, -0.2) is 14.1 Å². The number of likely N-dealkylation sites (tertiary alicyclic amines) is 1. The van der Waals surface area contributed by atoms with Gasteiger partial charge in [-0.15, -0.1) is 5.10 Å². The van der Waals surface area contributed by atoms with Crippen LogP contribution in [0.1, 0.15) is 72.9 Å². The molecule has 3 saturated heterocycles. The van der Waals surface area contributed by atoms with Gasteiger partial charge in [-0.2, -0.15) is 5.26 Å². The van der Waals surface area contributed by atoms with Crippen molar-refractivity contribution in [3.63, 3.8) is 0 Å². The largest absolute Gasteiger partial charge is 0.337 e. The zero-order valence-electron chi connectivity index (χ0n) is 30.6. The fraction of sp³-hybridized carbons (Fsp3) is 0.381. The minimum atomic E-state index is -0.500. The Labute approximate surface area is 331 Å². The highest BCUT2D eigenvalue weighted by molar-refractivity contribution is 6.43. The topological polar surface area (TPSA) is 127 Å². The van der Waals surface area contributed by atoms with Crippen LogP contribution in [-0.4, -0.2) is 59.1 Å². The van der Waals surface area contributed by atoms with E-state index in [1.54, 1.807) is 35.0 Å². The third-order valence-corrected chi connectivity index (χ3v) is 13.2. The number of carbonyl (C=O) groups is 1. The summed E-state index contributed by atoms with van der Waals surface area (Å²) in [6.07, 6.45) is 7.54. The molecule has 2 aromatic carbocycles. The van der Waals surface area contributed by atoms with Gasteiger partial charge in [-0.1, -0.05) is 46.6 Å². The average molecular weight is 791 g/mol. The fourth-order valence-corrected chi connectivity index (χ4v) is 9.92. The van der Waals surface area contributed by atoms with Crippen LogP contribution in [0.25, 0.3) is 32.9 Å². The molecule has 0 spiro atoms. The molecule has 56 heavy (non-hydrogen) atoms. The zero-order chi connectivity index (χ0) is 38.4. The molecule has 2 saturated carbocycles. The van der Waals surface area contributed by atoms with Crippen molar-refractivity contribution in [2.75, 3.05) is 13.1 Å². The van der Waals surface area contributed by atoms with E-state index in [4.69, 9.17) is 28.2 Å². The van der Waals surface area contributed by atoms with E-state index < -0.39 is 5.82 Å². The number of nitrogens with zero attached hydrogens (tertiary/aromatic N) is 8. The van der Waals surface area contributed by atoms with Gasteiger partial charge in [-0.05, 0) is 74.8 Å². The highest BCUT2D eigenvalue weighted by Gasteiger charge is 2.51. The van der Waals surface area contributed by atoms with Crippen LogP contribution in [0.3, 0.4) is 0 Å². The van der Waals surface area contributed by atoms with Crippen molar-refractivity contribution in [3.05, 3.63) is 110 Å². The Morgan fingerprint density at radius 2 is 1.96 bits per heavy atom. The van der Waals surface area contributed by atoms with E-state index in [0.29, 0.717) is 70.3 Å². The third-order valence-electron chi connectivity index (χ3n) is 12.4. The van der Waals surface area contributed by atoms with E-state index >= 15 is 4.39 Å². The van der Waals surface area contributed by atoms with Crippen LogP contribution in [-0.2, 0) is 17.8 Å². The van der Waals surface area contributed by atoms with Crippen molar-refractivity contribution < 1.29 is 9.18 Å². The first-order chi connectivity index (χ1) is 27.2. The lowest BCUT2D eigenvalue weighted by atomic mass is 9.79. The second-order valence-electron chi connectivity index (χ2n) is 15.8. The number of amides is 1. The van der Waals surface area contributed by atoms with Crippen molar-refractivity contribution in [1.29, 1.82) is 5.26 Å². The standard InChI is InChI=1S/C42H38Cl2FN9O2/c1-22-29-17-34(33-16-27(21-52(33)42(56)23-10-11-23)53-20-26(49-50-53)19-51-13-3-2-9-35(51)55)54(40-25-15-32(40)47-18-25)41(29)30-14-24(6-5-12-46)36(38(45)39(30)48-22)28-7-4-8-31(43)37(28)44/h2-4,7-9,13-14,17,20,23,25,27,32-33,40,47H,5-6,10-11,15-16,18-19,21H2,1H3/t25-,27+,32-,33-,40+/m1/s1. The molecular formula is C42H38Cl2FN9O2. The van der Waals surface area contributed by atoms with Crippen molar-refractivity contribution >= 4 is 50.9 Å². The summed E-state index contributed by atoms with van der Waals surface area (Å²) in [6.45, 7) is 3.57. The monoisotopic (exact) mass is 789 g/mol. The lowest BCUT2D eigenvalue weighted by Crippen LogP contribution is -2.41. The molecule has 5 fully saturated rings. The summed E-state index contributed by atoms with van der Waals surface area (Å²) >= 11 is 13.1. The van der Waals surface area contributed by atoms with Crippen LogP contribution in [0.15, 0.2) is 65.7 Å². The number of nitriles is 1. The molecule has 0 radical (unpaired) electrons. The highest BCUT2D eigenvalue weighted by Crippen LogP contribution is 2.52. The molecule has 0 unspecified atom stereocenters. The van der Waals surface area contributed by atoms with E-state index in [1.807, 2.05) is 34.8 Å². The number of halogens is 3. The first-order valence-corrected chi connectivity index (χ1v) is 20.0. The minimum Gasteiger partial charge on any atom is -0.337 e. The normalized spacial score (nSPS) is 22.9. The summed E-state index contributed by atoms with van der Waals surface area (Å²) in [5.74, 6) is 0.0339. The molecule has 1 N–H and O–H groups in total. The number of nitrogens with one attached hydrogen (secondary N) is 1. The van der Waals surface area contributed by atoms with Gasteiger partial charge in [0, 0.05) is 77.0 Å². The summed E-state index contributed by atoms with van der Waals surface area (Å²) in [5.41, 5.74) is 4.79. The number of fused-ring (bicyclic) bond motifs is 4. The Morgan fingerprint density at radius 1 is 1.11 bits per heavy atom. The lowest BCUT2D eigenvalue weighted by molar-refractivity contribution is -0.133. The first kappa shape index (κ1) is 35.3. The summed E-state index contributed by atoms with van der Waals surface area (Å²) in [7, 11) is 0. The van der Waals surface area contributed by atoms with Gasteiger partial charge in [0.15, 0.2) is 5.82 Å². The lowest BCUT2D eigenvalue weighted by Gasteiger charge is -2.39. The molecule has 2 bridgehead atoms. The molecule has 11 nitrogen and oxygen atoms in total. The third kappa shape index (κ3) is 5.65. The number of rotatable bonds is 9. The molecule has 2 aliphatic carbocycles. The number of pyridine rings is 2. The molecule has 7 heterocycles. The number of hydrogen-bond acceptors (Lipinski definition) is 7. The number of aryl methyl sites for hydroxylation is 2. The van der Waals surface area contributed by atoms with Gasteiger partial charge in [-0.3, -0.25) is 9.59 Å². The van der Waals surface area contributed by atoms with Crippen molar-refractivity contribution in [3.8, 4) is 17.2 Å². The van der Waals surface area contributed by atoms with Crippen LogP contribution in [0.5, 0.6) is 0 Å². The molecule has 5 aliphatic rings. The van der Waals surface area contributed by atoms with E-state index in [0.717, 1.165) is 42.4 Å². The smallest absolute Gasteiger partial charge is 0.250 e. The van der Waals surface area contributed by atoms with Crippen LogP contribution in [0.4, 0.5) is 4.39 Å². The number of aromatic nitrogens is 6. The van der Waals surface area contributed by atoms with Gasteiger partial charge in [0.05, 0.1) is 52.5 Å². The van der Waals surface area contributed by atoms with E-state index in [1.165, 1.54) is 6.07 Å². The molecule has 3 aliphatic heterocycles. The van der Waals surface area contributed by atoms with Crippen molar-refractivity contribution in [2.45, 2.75) is 76.2 Å². The van der Waals surface area contributed by atoms with Gasteiger partial charge < -0.3 is 19.4 Å². The second-order valence-corrected chi connectivity index (χ2v) is 16.6. The number of carbonyl (C=O) groups excluding carboxylic acids is 1. The minimum absolute atomic E-state index is 0.00430. The molecule has 5 atom stereocenters. The summed E-state index contributed by atoms with van der Waals surface area (Å²) in [4.78, 5) is 33.6. The fourth-order valence-electron chi connectivity index (χ4n) is 9.52. The van der Waals surface area contributed by atoms with Crippen LogP contribution in [0.2, 0.25) is 10.0 Å². The molecule has 11 rings (SSSR count). The molecule has 4 aromatic heterocycles. The molecule has 14 heteroatoms. The molecule has 1 amide bonds. The maximum Gasteiger partial charge on any atom is 0.250 e. The Bertz CT molecular complexity index is 2680. The number of hydrogen-bond donors (Lipinski definition) is 1. The first-order valence-electron chi connectivity index (χ1n) is 19.3. The number of benzene rings is 2. The summed E-state index contributed by atoms with van der Waals surface area (Å²) in [6, 6.07) is 16.5.